The smallest absolute Gasteiger partial charge is 0.118 e. The van der Waals surface area contributed by atoms with Crippen molar-refractivity contribution in [3.05, 3.63) is 65.2 Å². The highest BCUT2D eigenvalue weighted by Crippen LogP contribution is 2.39. The maximum atomic E-state index is 6.03. The van der Waals surface area contributed by atoms with Crippen LogP contribution in [-0.2, 0) is 4.74 Å². The van der Waals surface area contributed by atoms with Crippen molar-refractivity contribution in [3.8, 4) is 5.75 Å². The van der Waals surface area contributed by atoms with Crippen molar-refractivity contribution < 1.29 is 9.47 Å². The van der Waals surface area contributed by atoms with Crippen LogP contribution in [0.5, 0.6) is 5.75 Å². The van der Waals surface area contributed by atoms with E-state index in [1.165, 1.54) is 16.7 Å². The molecule has 2 unspecified atom stereocenters. The minimum atomic E-state index is -0.0521. The summed E-state index contributed by atoms with van der Waals surface area (Å²) in [6.07, 6.45) is 3.26. The Kier molecular flexibility index (Phi) is 8.37. The van der Waals surface area contributed by atoms with E-state index < -0.39 is 0 Å². The number of rotatable bonds is 10. The fourth-order valence-electron chi connectivity index (χ4n) is 5.36. The Labute approximate surface area is 195 Å². The summed E-state index contributed by atoms with van der Waals surface area (Å²) < 4.78 is 11.4. The molecule has 0 aliphatic carbocycles. The Hall–Kier alpha value is -1.88. The molecule has 1 N–H and O–H groups in total. The van der Waals surface area contributed by atoms with E-state index in [1.54, 1.807) is 7.11 Å². The number of ether oxygens (including phenoxy) is 2. The molecule has 3 rings (SSSR count). The fourth-order valence-corrected chi connectivity index (χ4v) is 5.36. The molecular weight excluding hydrogens is 396 g/mol. The number of benzene rings is 2. The first-order valence-electron chi connectivity index (χ1n) is 11.9. The molecule has 0 amide bonds. The van der Waals surface area contributed by atoms with E-state index in [4.69, 9.17) is 9.47 Å². The third-order valence-electron chi connectivity index (χ3n) is 6.69. The van der Waals surface area contributed by atoms with Gasteiger partial charge in [-0.2, -0.15) is 0 Å². The quantitative estimate of drug-likeness (QED) is 0.514. The Morgan fingerprint density at radius 2 is 1.66 bits per heavy atom. The van der Waals surface area contributed by atoms with Crippen LogP contribution in [0.25, 0.3) is 0 Å². The molecule has 0 radical (unpaired) electrons. The standard InChI is InChI=1S/C28H42N2O2/c1-22-7-9-23(10-8-22)26(24-11-13-25(31-6)14-12-24)15-17-29-20-28(21-30(4)5)16-18-32-27(2,3)19-28/h7-14,26,29H,15-21H2,1-6H3. The molecule has 1 aliphatic heterocycles. The van der Waals surface area contributed by atoms with Gasteiger partial charge in [0.25, 0.3) is 0 Å². The minimum Gasteiger partial charge on any atom is -0.497 e. The summed E-state index contributed by atoms with van der Waals surface area (Å²) >= 11 is 0. The number of methoxy groups -OCH3 is 1. The average Bonchev–Trinajstić information content (AvgIpc) is 2.73. The lowest BCUT2D eigenvalue weighted by Gasteiger charge is -2.46. The van der Waals surface area contributed by atoms with Gasteiger partial charge in [0, 0.05) is 31.0 Å². The van der Waals surface area contributed by atoms with E-state index >= 15 is 0 Å². The van der Waals surface area contributed by atoms with Gasteiger partial charge in [0.1, 0.15) is 5.75 Å². The van der Waals surface area contributed by atoms with Crippen LogP contribution < -0.4 is 10.1 Å². The molecule has 0 bridgehead atoms. The average molecular weight is 439 g/mol. The van der Waals surface area contributed by atoms with Crippen molar-refractivity contribution in [1.29, 1.82) is 0 Å². The van der Waals surface area contributed by atoms with Crippen molar-refractivity contribution in [2.24, 2.45) is 5.41 Å². The Morgan fingerprint density at radius 3 is 2.22 bits per heavy atom. The Bertz CT molecular complexity index is 830. The van der Waals surface area contributed by atoms with Crippen LogP contribution in [0.1, 0.15) is 55.7 Å². The minimum absolute atomic E-state index is 0.0521. The lowest BCUT2D eigenvalue weighted by molar-refractivity contribution is -0.109. The highest BCUT2D eigenvalue weighted by molar-refractivity contribution is 5.37. The van der Waals surface area contributed by atoms with Gasteiger partial charge in [-0.15, -0.1) is 0 Å². The highest BCUT2D eigenvalue weighted by atomic mass is 16.5. The van der Waals surface area contributed by atoms with Gasteiger partial charge in [-0.05, 0) is 83.9 Å². The molecule has 1 heterocycles. The third-order valence-corrected chi connectivity index (χ3v) is 6.69. The molecular formula is C28H42N2O2. The zero-order valence-corrected chi connectivity index (χ0v) is 20.9. The maximum Gasteiger partial charge on any atom is 0.118 e. The first-order chi connectivity index (χ1) is 15.2. The van der Waals surface area contributed by atoms with Crippen LogP contribution in [0.4, 0.5) is 0 Å². The molecule has 32 heavy (non-hydrogen) atoms. The van der Waals surface area contributed by atoms with Crippen LogP contribution in [0, 0.1) is 12.3 Å². The number of hydrogen-bond donors (Lipinski definition) is 1. The summed E-state index contributed by atoms with van der Waals surface area (Å²) in [7, 11) is 6.08. The Balaban J connectivity index is 1.69. The van der Waals surface area contributed by atoms with E-state index in [1.807, 2.05) is 0 Å². The molecule has 1 aliphatic rings. The monoisotopic (exact) mass is 438 g/mol. The van der Waals surface area contributed by atoms with E-state index in [9.17, 15) is 0 Å². The van der Waals surface area contributed by atoms with Crippen molar-refractivity contribution >= 4 is 0 Å². The second-order valence-electron chi connectivity index (χ2n) is 10.5. The van der Waals surface area contributed by atoms with Gasteiger partial charge in [-0.3, -0.25) is 0 Å². The van der Waals surface area contributed by atoms with Gasteiger partial charge in [0.15, 0.2) is 0 Å². The number of aryl methyl sites for hydroxylation is 1. The lowest BCUT2D eigenvalue weighted by atomic mass is 9.73. The zero-order chi connectivity index (χ0) is 23.2. The molecule has 0 spiro atoms. The second kappa shape index (κ2) is 10.8. The largest absolute Gasteiger partial charge is 0.497 e. The number of hydrogen-bond acceptors (Lipinski definition) is 4. The SMILES string of the molecule is COc1ccc(C(CCNCC2(CN(C)C)CCOC(C)(C)C2)c2ccc(C)cc2)cc1. The van der Waals surface area contributed by atoms with Crippen LogP contribution in [0.15, 0.2) is 48.5 Å². The van der Waals surface area contributed by atoms with Crippen LogP contribution in [0.3, 0.4) is 0 Å². The van der Waals surface area contributed by atoms with Crippen LogP contribution >= 0.6 is 0 Å². The van der Waals surface area contributed by atoms with E-state index in [0.717, 1.165) is 51.3 Å². The summed E-state index contributed by atoms with van der Waals surface area (Å²) in [5, 5.41) is 3.84. The van der Waals surface area contributed by atoms with Crippen molar-refractivity contribution in [2.45, 2.75) is 51.6 Å². The summed E-state index contributed by atoms with van der Waals surface area (Å²) in [6, 6.07) is 17.5. The summed E-state index contributed by atoms with van der Waals surface area (Å²) in [5.41, 5.74) is 4.21. The first kappa shape index (κ1) is 24.8. The van der Waals surface area contributed by atoms with Gasteiger partial charge < -0.3 is 19.7 Å². The van der Waals surface area contributed by atoms with Crippen molar-refractivity contribution in [3.63, 3.8) is 0 Å². The second-order valence-corrected chi connectivity index (χ2v) is 10.5. The molecule has 1 saturated heterocycles. The van der Waals surface area contributed by atoms with Gasteiger partial charge in [0.2, 0.25) is 0 Å². The van der Waals surface area contributed by atoms with E-state index in [-0.39, 0.29) is 11.0 Å². The Morgan fingerprint density at radius 1 is 1.03 bits per heavy atom. The molecule has 2 aromatic rings. The summed E-state index contributed by atoms with van der Waals surface area (Å²) in [5.74, 6) is 1.27. The molecule has 2 aromatic carbocycles. The summed E-state index contributed by atoms with van der Waals surface area (Å²) in [4.78, 5) is 2.33. The van der Waals surface area contributed by atoms with Crippen LogP contribution in [0.2, 0.25) is 0 Å². The van der Waals surface area contributed by atoms with Crippen molar-refractivity contribution in [1.82, 2.24) is 10.2 Å². The molecule has 1 fully saturated rings. The summed E-state index contributed by atoms with van der Waals surface area (Å²) in [6.45, 7) is 10.6. The normalized spacial score (nSPS) is 21.5. The van der Waals surface area contributed by atoms with Crippen LogP contribution in [-0.4, -0.2) is 57.9 Å². The topological polar surface area (TPSA) is 33.7 Å². The molecule has 4 nitrogen and oxygen atoms in total. The van der Waals surface area contributed by atoms with Gasteiger partial charge in [-0.1, -0.05) is 42.0 Å². The maximum absolute atomic E-state index is 6.03. The fraction of sp³-hybridized carbons (Fsp3) is 0.571. The molecule has 4 heteroatoms. The van der Waals surface area contributed by atoms with Gasteiger partial charge in [-0.25, -0.2) is 0 Å². The van der Waals surface area contributed by atoms with E-state index in [0.29, 0.717) is 5.92 Å². The predicted molar refractivity (Wildman–Crippen MR) is 134 cm³/mol. The molecule has 176 valence electrons. The third kappa shape index (κ3) is 6.81. The first-order valence-corrected chi connectivity index (χ1v) is 11.9. The zero-order valence-electron chi connectivity index (χ0n) is 20.9. The number of nitrogens with one attached hydrogen (secondary N) is 1. The molecule has 0 saturated carbocycles. The van der Waals surface area contributed by atoms with Gasteiger partial charge in [0.05, 0.1) is 12.7 Å². The number of nitrogens with zero attached hydrogens (tertiary/aromatic N) is 1. The lowest BCUT2D eigenvalue weighted by Crippen LogP contribution is -2.51. The highest BCUT2D eigenvalue weighted by Gasteiger charge is 2.40. The predicted octanol–water partition coefficient (Wildman–Crippen LogP) is 5.25. The molecule has 2 atom stereocenters. The van der Waals surface area contributed by atoms with E-state index in [2.05, 4.69) is 93.6 Å². The van der Waals surface area contributed by atoms with Crippen molar-refractivity contribution in [2.75, 3.05) is 47.4 Å². The molecule has 0 aromatic heterocycles. The van der Waals surface area contributed by atoms with Gasteiger partial charge >= 0.3 is 0 Å².